The van der Waals surface area contributed by atoms with E-state index in [1.54, 1.807) is 10.9 Å². The van der Waals surface area contributed by atoms with Crippen LogP contribution in [0, 0.1) is 5.92 Å². The van der Waals surface area contributed by atoms with Crippen molar-refractivity contribution in [1.29, 1.82) is 0 Å². The van der Waals surface area contributed by atoms with Gasteiger partial charge in [-0.1, -0.05) is 13.3 Å². The molecule has 1 aliphatic heterocycles. The molecule has 1 unspecified atom stereocenters. The Hall–Kier alpha value is -1.73. The van der Waals surface area contributed by atoms with Crippen LogP contribution in [0.4, 0.5) is 5.82 Å². The van der Waals surface area contributed by atoms with Gasteiger partial charge in [-0.25, -0.2) is 15.8 Å². The zero-order valence-corrected chi connectivity index (χ0v) is 12.0. The first-order valence-electron chi connectivity index (χ1n) is 7.08. The van der Waals surface area contributed by atoms with E-state index in [0.29, 0.717) is 5.82 Å². The molecule has 3 rings (SSSR count). The van der Waals surface area contributed by atoms with Crippen LogP contribution in [-0.2, 0) is 13.6 Å². The predicted octanol–water partition coefficient (Wildman–Crippen LogP) is 0.881. The second-order valence-corrected chi connectivity index (χ2v) is 5.44. The third kappa shape index (κ3) is 2.34. The van der Waals surface area contributed by atoms with E-state index >= 15 is 0 Å². The van der Waals surface area contributed by atoms with Gasteiger partial charge < -0.3 is 5.43 Å². The lowest BCUT2D eigenvalue weighted by molar-refractivity contribution is 0.307. The van der Waals surface area contributed by atoms with E-state index in [9.17, 15) is 0 Å². The summed E-state index contributed by atoms with van der Waals surface area (Å²) in [6.45, 7) is 5.28. The highest BCUT2D eigenvalue weighted by Crippen LogP contribution is 2.22. The monoisotopic (exact) mass is 275 g/mol. The minimum Gasteiger partial charge on any atom is -0.308 e. The predicted molar refractivity (Wildman–Crippen MR) is 77.8 cm³/mol. The standard InChI is InChI=1S/C13H21N7/c1-3-9-4-5-20(7-9)8-11-16-12(18-14)10-6-15-19(2)13(10)17-11/h6,9H,3-5,7-8,14H2,1-2H3,(H,16,17,18). The van der Waals surface area contributed by atoms with Crippen LogP contribution in [0.3, 0.4) is 0 Å². The highest BCUT2D eigenvalue weighted by atomic mass is 15.3. The SMILES string of the molecule is CCC1CCN(Cc2nc(NN)c3cnn(C)c3n2)C1. The van der Waals surface area contributed by atoms with Gasteiger partial charge in [0.05, 0.1) is 18.1 Å². The van der Waals surface area contributed by atoms with Crippen LogP contribution in [0.15, 0.2) is 6.20 Å². The quantitative estimate of drug-likeness (QED) is 0.636. The van der Waals surface area contributed by atoms with Crippen LogP contribution < -0.4 is 11.3 Å². The number of fused-ring (bicyclic) bond motifs is 1. The molecule has 0 aromatic carbocycles. The lowest BCUT2D eigenvalue weighted by Gasteiger charge is -2.15. The summed E-state index contributed by atoms with van der Waals surface area (Å²) in [4.78, 5) is 11.5. The second kappa shape index (κ2) is 5.34. The van der Waals surface area contributed by atoms with Crippen LogP contribution in [0.1, 0.15) is 25.6 Å². The molecule has 3 heterocycles. The van der Waals surface area contributed by atoms with Gasteiger partial charge in [0.1, 0.15) is 5.82 Å². The molecule has 1 saturated heterocycles. The fourth-order valence-corrected chi connectivity index (χ4v) is 2.84. The second-order valence-electron chi connectivity index (χ2n) is 5.44. The molecule has 1 atom stereocenters. The van der Waals surface area contributed by atoms with Gasteiger partial charge in [-0.3, -0.25) is 9.58 Å². The van der Waals surface area contributed by atoms with Crippen molar-refractivity contribution in [2.24, 2.45) is 18.8 Å². The highest BCUT2D eigenvalue weighted by Gasteiger charge is 2.22. The van der Waals surface area contributed by atoms with E-state index in [4.69, 9.17) is 5.84 Å². The van der Waals surface area contributed by atoms with Crippen molar-refractivity contribution in [3.8, 4) is 0 Å². The number of rotatable bonds is 4. The molecule has 7 heteroatoms. The van der Waals surface area contributed by atoms with E-state index < -0.39 is 0 Å². The topological polar surface area (TPSA) is 84.9 Å². The number of nitrogens with one attached hydrogen (secondary N) is 1. The number of nitrogens with zero attached hydrogens (tertiary/aromatic N) is 5. The molecule has 0 radical (unpaired) electrons. The number of nitrogen functional groups attached to an aromatic ring is 1. The summed E-state index contributed by atoms with van der Waals surface area (Å²) < 4.78 is 1.75. The first-order chi connectivity index (χ1) is 9.71. The molecule has 2 aromatic heterocycles. The number of anilines is 1. The molecule has 1 aliphatic rings. The Kier molecular flexibility index (Phi) is 3.54. The highest BCUT2D eigenvalue weighted by molar-refractivity contribution is 5.86. The maximum Gasteiger partial charge on any atom is 0.163 e. The van der Waals surface area contributed by atoms with Crippen LogP contribution in [-0.4, -0.2) is 37.7 Å². The van der Waals surface area contributed by atoms with Gasteiger partial charge in [-0.15, -0.1) is 0 Å². The van der Waals surface area contributed by atoms with E-state index in [1.165, 1.54) is 12.8 Å². The van der Waals surface area contributed by atoms with Gasteiger partial charge in [0.25, 0.3) is 0 Å². The summed E-state index contributed by atoms with van der Waals surface area (Å²) in [5.74, 6) is 7.80. The maximum absolute atomic E-state index is 5.55. The summed E-state index contributed by atoms with van der Waals surface area (Å²) in [5, 5.41) is 5.06. The van der Waals surface area contributed by atoms with Gasteiger partial charge in [0.15, 0.2) is 11.5 Å². The van der Waals surface area contributed by atoms with Crippen molar-refractivity contribution in [2.45, 2.75) is 26.3 Å². The zero-order valence-electron chi connectivity index (χ0n) is 12.0. The molecule has 7 nitrogen and oxygen atoms in total. The van der Waals surface area contributed by atoms with Crippen molar-refractivity contribution < 1.29 is 0 Å². The van der Waals surface area contributed by atoms with Gasteiger partial charge in [0.2, 0.25) is 0 Å². The zero-order chi connectivity index (χ0) is 14.1. The lowest BCUT2D eigenvalue weighted by atomic mass is 10.1. The molecule has 0 aliphatic carbocycles. The Morgan fingerprint density at radius 2 is 2.30 bits per heavy atom. The molecule has 1 fully saturated rings. The molecule has 0 amide bonds. The molecular formula is C13H21N7. The molecule has 0 spiro atoms. The summed E-state index contributed by atoms with van der Waals surface area (Å²) in [7, 11) is 1.88. The lowest BCUT2D eigenvalue weighted by Crippen LogP contribution is -2.22. The molecule has 20 heavy (non-hydrogen) atoms. The van der Waals surface area contributed by atoms with Gasteiger partial charge in [0, 0.05) is 13.6 Å². The minimum atomic E-state index is 0.643. The fourth-order valence-electron chi connectivity index (χ4n) is 2.84. The van der Waals surface area contributed by atoms with Crippen LogP contribution in [0.2, 0.25) is 0 Å². The number of hydrogen-bond donors (Lipinski definition) is 2. The number of hydrogen-bond acceptors (Lipinski definition) is 6. The van der Waals surface area contributed by atoms with Crippen molar-refractivity contribution in [1.82, 2.24) is 24.6 Å². The Balaban J connectivity index is 1.86. The molecular weight excluding hydrogens is 254 g/mol. The third-order valence-electron chi connectivity index (χ3n) is 4.09. The average Bonchev–Trinajstić information content (AvgIpc) is 3.06. The van der Waals surface area contributed by atoms with Crippen molar-refractivity contribution in [3.63, 3.8) is 0 Å². The number of aromatic nitrogens is 4. The number of hydrazine groups is 1. The average molecular weight is 275 g/mol. The third-order valence-corrected chi connectivity index (χ3v) is 4.09. The Morgan fingerprint density at radius 3 is 3.00 bits per heavy atom. The molecule has 0 bridgehead atoms. The van der Waals surface area contributed by atoms with Gasteiger partial charge in [-0.2, -0.15) is 5.10 Å². The first kappa shape index (κ1) is 13.3. The van der Waals surface area contributed by atoms with Crippen molar-refractivity contribution in [2.75, 3.05) is 18.5 Å². The first-order valence-corrected chi connectivity index (χ1v) is 7.08. The number of aryl methyl sites for hydroxylation is 1. The molecule has 0 saturated carbocycles. The van der Waals surface area contributed by atoms with Crippen LogP contribution in [0.5, 0.6) is 0 Å². The van der Waals surface area contributed by atoms with E-state index in [0.717, 1.165) is 42.4 Å². The Morgan fingerprint density at radius 1 is 1.45 bits per heavy atom. The summed E-state index contributed by atoms with van der Waals surface area (Å²) in [6, 6.07) is 0. The summed E-state index contributed by atoms with van der Waals surface area (Å²) >= 11 is 0. The van der Waals surface area contributed by atoms with Crippen molar-refractivity contribution in [3.05, 3.63) is 12.0 Å². The number of nitrogens with two attached hydrogens (primary N) is 1. The fraction of sp³-hybridized carbons (Fsp3) is 0.615. The molecule has 3 N–H and O–H groups in total. The van der Waals surface area contributed by atoms with Crippen LogP contribution >= 0.6 is 0 Å². The summed E-state index contributed by atoms with van der Waals surface area (Å²) in [6.07, 6.45) is 4.25. The van der Waals surface area contributed by atoms with E-state index in [-0.39, 0.29) is 0 Å². The minimum absolute atomic E-state index is 0.643. The Labute approximate surface area is 118 Å². The smallest absolute Gasteiger partial charge is 0.163 e. The van der Waals surface area contributed by atoms with Crippen molar-refractivity contribution >= 4 is 16.9 Å². The van der Waals surface area contributed by atoms with Gasteiger partial charge in [-0.05, 0) is 18.9 Å². The molecule has 2 aromatic rings. The maximum atomic E-state index is 5.55. The molecule has 108 valence electrons. The summed E-state index contributed by atoms with van der Waals surface area (Å²) in [5.41, 5.74) is 3.46. The van der Waals surface area contributed by atoms with Gasteiger partial charge >= 0.3 is 0 Å². The number of likely N-dealkylation sites (tertiary alicyclic amines) is 1. The Bertz CT molecular complexity index is 606. The van der Waals surface area contributed by atoms with Crippen LogP contribution in [0.25, 0.3) is 11.0 Å². The van der Waals surface area contributed by atoms with E-state index in [2.05, 4.69) is 32.3 Å². The van der Waals surface area contributed by atoms with E-state index in [1.807, 2.05) is 7.05 Å². The largest absolute Gasteiger partial charge is 0.308 e. The normalized spacial score (nSPS) is 19.9.